The predicted molar refractivity (Wildman–Crippen MR) is 79.7 cm³/mol. The van der Waals surface area contributed by atoms with E-state index in [4.69, 9.17) is 0 Å². The SMILES string of the molecule is CC1CCN(C(=O)N(C)C(C)c2ccccc2O)CC1. The van der Waals surface area contributed by atoms with Crippen molar-refractivity contribution in [2.75, 3.05) is 20.1 Å². The predicted octanol–water partition coefficient (Wildman–Crippen LogP) is 3.24. The van der Waals surface area contributed by atoms with Gasteiger partial charge in [0.2, 0.25) is 0 Å². The summed E-state index contributed by atoms with van der Waals surface area (Å²) >= 11 is 0. The van der Waals surface area contributed by atoms with E-state index in [0.717, 1.165) is 31.5 Å². The zero-order valence-electron chi connectivity index (χ0n) is 12.5. The molecule has 0 saturated carbocycles. The van der Waals surface area contributed by atoms with Crippen LogP contribution in [0.1, 0.15) is 38.3 Å². The van der Waals surface area contributed by atoms with Crippen molar-refractivity contribution in [1.82, 2.24) is 9.80 Å². The highest BCUT2D eigenvalue weighted by Gasteiger charge is 2.26. The Labute approximate surface area is 121 Å². The summed E-state index contributed by atoms with van der Waals surface area (Å²) < 4.78 is 0. The van der Waals surface area contributed by atoms with Crippen LogP contribution < -0.4 is 0 Å². The second kappa shape index (κ2) is 6.16. The molecule has 4 nitrogen and oxygen atoms in total. The van der Waals surface area contributed by atoms with E-state index in [9.17, 15) is 9.90 Å². The Morgan fingerprint density at radius 2 is 1.95 bits per heavy atom. The summed E-state index contributed by atoms with van der Waals surface area (Å²) in [5.74, 6) is 0.951. The van der Waals surface area contributed by atoms with Crippen LogP contribution in [0.5, 0.6) is 5.75 Å². The minimum Gasteiger partial charge on any atom is -0.508 e. The maximum absolute atomic E-state index is 12.5. The highest BCUT2D eigenvalue weighted by Crippen LogP contribution is 2.28. The minimum absolute atomic E-state index is 0.0488. The van der Waals surface area contributed by atoms with Crippen LogP contribution in [-0.4, -0.2) is 41.1 Å². The Balaban J connectivity index is 2.05. The topological polar surface area (TPSA) is 43.8 Å². The minimum atomic E-state index is -0.136. The van der Waals surface area contributed by atoms with Gasteiger partial charge < -0.3 is 14.9 Å². The van der Waals surface area contributed by atoms with Crippen molar-refractivity contribution in [3.8, 4) is 5.75 Å². The van der Waals surface area contributed by atoms with Crippen molar-refractivity contribution in [1.29, 1.82) is 0 Å². The Morgan fingerprint density at radius 1 is 1.35 bits per heavy atom. The third-order valence-corrected chi connectivity index (χ3v) is 4.32. The van der Waals surface area contributed by atoms with Crippen molar-refractivity contribution < 1.29 is 9.90 Å². The van der Waals surface area contributed by atoms with Gasteiger partial charge in [-0.15, -0.1) is 0 Å². The van der Waals surface area contributed by atoms with Gasteiger partial charge in [-0.2, -0.15) is 0 Å². The molecule has 0 radical (unpaired) electrons. The summed E-state index contributed by atoms with van der Waals surface area (Å²) in [5.41, 5.74) is 0.786. The smallest absolute Gasteiger partial charge is 0.320 e. The quantitative estimate of drug-likeness (QED) is 0.901. The molecule has 1 heterocycles. The molecule has 1 aromatic rings. The second-order valence-electron chi connectivity index (χ2n) is 5.80. The number of aromatic hydroxyl groups is 1. The van der Waals surface area contributed by atoms with E-state index >= 15 is 0 Å². The molecule has 4 heteroatoms. The van der Waals surface area contributed by atoms with Crippen molar-refractivity contribution in [2.45, 2.75) is 32.7 Å². The molecule has 110 valence electrons. The van der Waals surface area contributed by atoms with Crippen LogP contribution in [0, 0.1) is 5.92 Å². The van der Waals surface area contributed by atoms with Gasteiger partial charge in [-0.25, -0.2) is 4.79 Å². The molecule has 1 saturated heterocycles. The summed E-state index contributed by atoms with van der Waals surface area (Å²) in [4.78, 5) is 16.1. The number of amides is 2. The number of phenolic OH excluding ortho intramolecular Hbond substituents is 1. The first-order chi connectivity index (χ1) is 9.50. The number of phenols is 1. The second-order valence-corrected chi connectivity index (χ2v) is 5.80. The average Bonchev–Trinajstić information content (AvgIpc) is 2.46. The number of likely N-dealkylation sites (tertiary alicyclic amines) is 1. The van der Waals surface area contributed by atoms with Gasteiger partial charge >= 0.3 is 6.03 Å². The lowest BCUT2D eigenvalue weighted by atomic mass is 9.99. The van der Waals surface area contributed by atoms with Crippen molar-refractivity contribution in [3.05, 3.63) is 29.8 Å². The van der Waals surface area contributed by atoms with E-state index in [0.29, 0.717) is 5.92 Å². The lowest BCUT2D eigenvalue weighted by Crippen LogP contribution is -2.45. The third-order valence-electron chi connectivity index (χ3n) is 4.32. The molecule has 2 amide bonds. The fourth-order valence-corrected chi connectivity index (χ4v) is 2.64. The first-order valence-corrected chi connectivity index (χ1v) is 7.30. The van der Waals surface area contributed by atoms with Gasteiger partial charge in [0.1, 0.15) is 5.75 Å². The van der Waals surface area contributed by atoms with Crippen LogP contribution in [0.4, 0.5) is 4.79 Å². The van der Waals surface area contributed by atoms with Gasteiger partial charge in [0.25, 0.3) is 0 Å². The van der Waals surface area contributed by atoms with Crippen LogP contribution in [0.2, 0.25) is 0 Å². The zero-order valence-corrected chi connectivity index (χ0v) is 12.5. The van der Waals surface area contributed by atoms with Gasteiger partial charge in [-0.1, -0.05) is 25.1 Å². The standard InChI is InChI=1S/C16H24N2O2/c1-12-8-10-18(11-9-12)16(20)17(3)13(2)14-6-4-5-7-15(14)19/h4-7,12-13,19H,8-11H2,1-3H3. The Bertz CT molecular complexity index is 467. The number of urea groups is 1. The van der Waals surface area contributed by atoms with Crippen LogP contribution in [0.25, 0.3) is 0 Å². The van der Waals surface area contributed by atoms with Crippen LogP contribution in [-0.2, 0) is 0 Å². The van der Waals surface area contributed by atoms with Gasteiger partial charge in [-0.3, -0.25) is 0 Å². The molecule has 0 bridgehead atoms. The average molecular weight is 276 g/mol. The van der Waals surface area contributed by atoms with Crippen LogP contribution >= 0.6 is 0 Å². The summed E-state index contributed by atoms with van der Waals surface area (Å²) in [6, 6.07) is 7.11. The Morgan fingerprint density at radius 3 is 2.55 bits per heavy atom. The summed E-state index contributed by atoms with van der Waals surface area (Å²) in [6.45, 7) is 5.84. The molecule has 0 aromatic heterocycles. The Kier molecular flexibility index (Phi) is 4.53. The number of hydrogen-bond donors (Lipinski definition) is 1. The largest absolute Gasteiger partial charge is 0.508 e. The van der Waals surface area contributed by atoms with Gasteiger partial charge in [0.15, 0.2) is 0 Å². The number of carbonyl (C=O) groups excluding carboxylic acids is 1. The molecule has 1 aliphatic heterocycles. The molecule has 1 aliphatic rings. The highest BCUT2D eigenvalue weighted by atomic mass is 16.3. The molecule has 2 rings (SSSR count). The molecule has 0 spiro atoms. The zero-order chi connectivity index (χ0) is 14.7. The number of hydrogen-bond acceptors (Lipinski definition) is 2. The van der Waals surface area contributed by atoms with Crippen molar-refractivity contribution in [2.24, 2.45) is 5.92 Å². The van der Waals surface area contributed by atoms with E-state index in [1.807, 2.05) is 24.0 Å². The molecule has 1 atom stereocenters. The van der Waals surface area contributed by atoms with E-state index in [-0.39, 0.29) is 17.8 Å². The highest BCUT2D eigenvalue weighted by molar-refractivity contribution is 5.75. The fourth-order valence-electron chi connectivity index (χ4n) is 2.64. The van der Waals surface area contributed by atoms with Crippen molar-refractivity contribution >= 4 is 6.03 Å². The maximum Gasteiger partial charge on any atom is 0.320 e. The summed E-state index contributed by atoms with van der Waals surface area (Å²) in [7, 11) is 1.80. The molecule has 1 fully saturated rings. The summed E-state index contributed by atoms with van der Waals surface area (Å²) in [5, 5.41) is 9.91. The third kappa shape index (κ3) is 3.06. The van der Waals surface area contributed by atoms with E-state index < -0.39 is 0 Å². The normalized spacial score (nSPS) is 17.9. The van der Waals surface area contributed by atoms with E-state index in [1.165, 1.54) is 0 Å². The first-order valence-electron chi connectivity index (χ1n) is 7.30. The lowest BCUT2D eigenvalue weighted by molar-refractivity contribution is 0.131. The number of benzene rings is 1. The fraction of sp³-hybridized carbons (Fsp3) is 0.562. The number of carbonyl (C=O) groups is 1. The number of piperidine rings is 1. The molecule has 0 aliphatic carbocycles. The number of nitrogens with zero attached hydrogens (tertiary/aromatic N) is 2. The van der Waals surface area contributed by atoms with Gasteiger partial charge in [0, 0.05) is 25.7 Å². The maximum atomic E-state index is 12.5. The van der Waals surface area contributed by atoms with Crippen LogP contribution in [0.15, 0.2) is 24.3 Å². The number of para-hydroxylation sites is 1. The molecular formula is C16H24N2O2. The monoisotopic (exact) mass is 276 g/mol. The van der Waals surface area contributed by atoms with E-state index in [1.54, 1.807) is 24.1 Å². The number of rotatable bonds is 2. The van der Waals surface area contributed by atoms with E-state index in [2.05, 4.69) is 6.92 Å². The van der Waals surface area contributed by atoms with Crippen LogP contribution in [0.3, 0.4) is 0 Å². The first kappa shape index (κ1) is 14.7. The lowest BCUT2D eigenvalue weighted by Gasteiger charge is -2.36. The summed E-state index contributed by atoms with van der Waals surface area (Å²) in [6.07, 6.45) is 2.15. The van der Waals surface area contributed by atoms with Gasteiger partial charge in [-0.05, 0) is 31.7 Å². The molecule has 1 N–H and O–H groups in total. The van der Waals surface area contributed by atoms with Crippen molar-refractivity contribution in [3.63, 3.8) is 0 Å². The molecule has 1 aromatic carbocycles. The molecular weight excluding hydrogens is 252 g/mol. The molecule has 1 unspecified atom stereocenters. The van der Waals surface area contributed by atoms with Gasteiger partial charge in [0.05, 0.1) is 6.04 Å². The Hall–Kier alpha value is -1.71. The molecule has 20 heavy (non-hydrogen) atoms.